The first-order chi connectivity index (χ1) is 11.2. The molecule has 0 aliphatic rings. The minimum atomic E-state index is -0.931. The molecule has 0 aliphatic heterocycles. The van der Waals surface area contributed by atoms with E-state index in [0.29, 0.717) is 0 Å². The summed E-state index contributed by atoms with van der Waals surface area (Å²) < 4.78 is 0. The Morgan fingerprint density at radius 3 is 2.00 bits per heavy atom. The second kappa shape index (κ2) is 8.88. The summed E-state index contributed by atoms with van der Waals surface area (Å²) in [5, 5.41) is 22.2. The van der Waals surface area contributed by atoms with Crippen LogP contribution in [0.5, 0.6) is 0 Å². The third kappa shape index (κ3) is 5.89. The van der Waals surface area contributed by atoms with Crippen molar-refractivity contribution in [1.29, 1.82) is 0 Å². The van der Waals surface area contributed by atoms with Gasteiger partial charge in [-0.15, -0.1) is 0 Å². The Kier molecular flexibility index (Phi) is 7.20. The monoisotopic (exact) mass is 332 g/mol. The lowest BCUT2D eigenvalue weighted by atomic mass is 10.1. The number of hydrogen-bond donors (Lipinski definition) is 4. The average molecular weight is 332 g/mol. The van der Waals surface area contributed by atoms with Crippen LogP contribution in [-0.2, 0) is 9.59 Å². The summed E-state index contributed by atoms with van der Waals surface area (Å²) in [4.78, 5) is 20.7. The maximum absolute atomic E-state index is 10.7. The molecule has 2 aromatic rings. The van der Waals surface area contributed by atoms with Crippen LogP contribution >= 0.6 is 0 Å². The molecule has 130 valence electrons. The van der Waals surface area contributed by atoms with E-state index in [4.69, 9.17) is 15.9 Å². The fourth-order valence-corrected chi connectivity index (χ4v) is 1.88. The number of benzene rings is 2. The Morgan fingerprint density at radius 2 is 1.54 bits per heavy atom. The number of nitrogens with two attached hydrogens (primary N) is 1. The van der Waals surface area contributed by atoms with Crippen molar-refractivity contribution in [2.45, 2.75) is 32.9 Å². The van der Waals surface area contributed by atoms with Crippen molar-refractivity contribution in [2.75, 3.05) is 5.32 Å². The van der Waals surface area contributed by atoms with E-state index in [1.54, 1.807) is 20.8 Å². The van der Waals surface area contributed by atoms with Gasteiger partial charge in [0.25, 0.3) is 0 Å². The van der Waals surface area contributed by atoms with Crippen LogP contribution in [0.15, 0.2) is 42.5 Å². The minimum Gasteiger partial charge on any atom is -0.480 e. The van der Waals surface area contributed by atoms with Gasteiger partial charge in [-0.1, -0.05) is 44.2 Å². The van der Waals surface area contributed by atoms with Gasteiger partial charge in [-0.3, -0.25) is 9.59 Å². The molecular formula is C18H24N2O4. The summed E-state index contributed by atoms with van der Waals surface area (Å²) in [6.07, 6.45) is 0. The first kappa shape index (κ1) is 19.4. The van der Waals surface area contributed by atoms with Gasteiger partial charge in [0, 0.05) is 5.69 Å². The lowest BCUT2D eigenvalue weighted by Gasteiger charge is -2.11. The van der Waals surface area contributed by atoms with Crippen LogP contribution in [0.1, 0.15) is 20.8 Å². The second-order valence-corrected chi connectivity index (χ2v) is 5.87. The molecule has 2 rings (SSSR count). The molecule has 0 amide bonds. The van der Waals surface area contributed by atoms with E-state index in [2.05, 4.69) is 5.32 Å². The smallest absolute Gasteiger partial charge is 0.325 e. The molecule has 0 bridgehead atoms. The highest BCUT2D eigenvalue weighted by atomic mass is 16.4. The van der Waals surface area contributed by atoms with E-state index in [9.17, 15) is 9.59 Å². The molecule has 0 heterocycles. The van der Waals surface area contributed by atoms with Crippen LogP contribution in [0.3, 0.4) is 0 Å². The molecule has 0 fully saturated rings. The van der Waals surface area contributed by atoms with Crippen molar-refractivity contribution in [3.8, 4) is 0 Å². The number of rotatable bonds is 5. The lowest BCUT2D eigenvalue weighted by molar-refractivity contribution is -0.139. The molecule has 0 radical (unpaired) electrons. The first-order valence-corrected chi connectivity index (χ1v) is 7.69. The van der Waals surface area contributed by atoms with Crippen molar-refractivity contribution in [1.82, 2.24) is 0 Å². The molecule has 0 aromatic heterocycles. The molecule has 0 aliphatic carbocycles. The van der Waals surface area contributed by atoms with Crippen molar-refractivity contribution in [3.05, 3.63) is 42.5 Å². The molecule has 0 spiro atoms. The van der Waals surface area contributed by atoms with Crippen LogP contribution < -0.4 is 11.1 Å². The van der Waals surface area contributed by atoms with Crippen molar-refractivity contribution in [2.24, 2.45) is 11.7 Å². The molecule has 0 unspecified atom stereocenters. The Balaban J connectivity index is 0.000000307. The Morgan fingerprint density at radius 1 is 0.958 bits per heavy atom. The molecule has 6 heteroatoms. The molecule has 0 saturated carbocycles. The molecule has 2 atom stereocenters. The van der Waals surface area contributed by atoms with Gasteiger partial charge in [0.1, 0.15) is 12.1 Å². The molecule has 5 N–H and O–H groups in total. The normalized spacial score (nSPS) is 12.9. The number of carboxylic acids is 2. The predicted molar refractivity (Wildman–Crippen MR) is 95.1 cm³/mol. The van der Waals surface area contributed by atoms with Crippen LogP contribution in [0.2, 0.25) is 0 Å². The van der Waals surface area contributed by atoms with Crippen molar-refractivity contribution < 1.29 is 19.8 Å². The number of hydrogen-bond acceptors (Lipinski definition) is 4. The number of carbonyl (C=O) groups is 2. The minimum absolute atomic E-state index is 0.0208. The molecule has 24 heavy (non-hydrogen) atoms. The van der Waals surface area contributed by atoms with E-state index in [0.717, 1.165) is 16.5 Å². The Hall–Kier alpha value is -2.60. The summed E-state index contributed by atoms with van der Waals surface area (Å²) >= 11 is 0. The largest absolute Gasteiger partial charge is 0.480 e. The fourth-order valence-electron chi connectivity index (χ4n) is 1.88. The van der Waals surface area contributed by atoms with E-state index in [1.807, 2.05) is 42.5 Å². The van der Waals surface area contributed by atoms with E-state index in [1.165, 1.54) is 0 Å². The zero-order valence-corrected chi connectivity index (χ0v) is 14.1. The highest BCUT2D eigenvalue weighted by molar-refractivity contribution is 5.86. The summed E-state index contributed by atoms with van der Waals surface area (Å²) in [6.45, 7) is 5.18. The SMILES string of the molecule is CC(C)[C@H](N)C(=O)O.C[C@H](Nc1ccc2ccccc2c1)C(=O)O. The van der Waals surface area contributed by atoms with Crippen LogP contribution in [-0.4, -0.2) is 34.2 Å². The summed E-state index contributed by atoms with van der Waals surface area (Å²) in [7, 11) is 0. The van der Waals surface area contributed by atoms with Crippen LogP contribution in [0.4, 0.5) is 5.69 Å². The van der Waals surface area contributed by atoms with Crippen LogP contribution in [0.25, 0.3) is 10.8 Å². The third-order valence-corrected chi connectivity index (χ3v) is 3.51. The van der Waals surface area contributed by atoms with Gasteiger partial charge >= 0.3 is 11.9 Å². The standard InChI is InChI=1S/C13H13NO2.C5H11NO2/c1-9(13(15)16)14-12-7-6-10-4-2-3-5-11(10)8-12;1-3(2)4(6)5(7)8/h2-9,14H,1H3,(H,15,16);3-4H,6H2,1-2H3,(H,7,8)/t9-;4-/m00/s1. The van der Waals surface area contributed by atoms with Crippen molar-refractivity contribution in [3.63, 3.8) is 0 Å². The Labute approximate surface area is 141 Å². The molecule has 6 nitrogen and oxygen atoms in total. The number of nitrogens with one attached hydrogen (secondary N) is 1. The van der Waals surface area contributed by atoms with E-state index >= 15 is 0 Å². The van der Waals surface area contributed by atoms with Gasteiger partial charge in [-0.25, -0.2) is 0 Å². The van der Waals surface area contributed by atoms with E-state index in [-0.39, 0.29) is 5.92 Å². The third-order valence-electron chi connectivity index (χ3n) is 3.51. The topological polar surface area (TPSA) is 113 Å². The van der Waals surface area contributed by atoms with Crippen LogP contribution in [0, 0.1) is 5.92 Å². The van der Waals surface area contributed by atoms with Crippen molar-refractivity contribution >= 4 is 28.4 Å². The van der Waals surface area contributed by atoms with E-state index < -0.39 is 24.0 Å². The van der Waals surface area contributed by atoms with Gasteiger partial charge in [0.2, 0.25) is 0 Å². The lowest BCUT2D eigenvalue weighted by Crippen LogP contribution is -2.34. The van der Waals surface area contributed by atoms with Gasteiger partial charge < -0.3 is 21.3 Å². The van der Waals surface area contributed by atoms with Gasteiger partial charge in [-0.05, 0) is 35.7 Å². The maximum Gasteiger partial charge on any atom is 0.325 e. The van der Waals surface area contributed by atoms with Gasteiger partial charge in [-0.2, -0.15) is 0 Å². The first-order valence-electron chi connectivity index (χ1n) is 7.69. The predicted octanol–water partition coefficient (Wildman–Crippen LogP) is 2.78. The number of carboxylic acid groups (broad SMARTS) is 2. The van der Waals surface area contributed by atoms with Gasteiger partial charge in [0.05, 0.1) is 0 Å². The summed E-state index contributed by atoms with van der Waals surface area (Å²) in [6, 6.07) is 12.5. The zero-order chi connectivity index (χ0) is 18.3. The highest BCUT2D eigenvalue weighted by Crippen LogP contribution is 2.19. The second-order valence-electron chi connectivity index (χ2n) is 5.87. The maximum atomic E-state index is 10.7. The number of fused-ring (bicyclic) bond motifs is 1. The molecule has 0 saturated heterocycles. The summed E-state index contributed by atoms with van der Waals surface area (Å²) in [5.41, 5.74) is 5.99. The highest BCUT2D eigenvalue weighted by Gasteiger charge is 2.14. The van der Waals surface area contributed by atoms with Gasteiger partial charge in [0.15, 0.2) is 0 Å². The molecule has 2 aromatic carbocycles. The quantitative estimate of drug-likeness (QED) is 0.670. The number of aliphatic carboxylic acids is 2. The fraction of sp³-hybridized carbons (Fsp3) is 0.333. The summed E-state index contributed by atoms with van der Waals surface area (Å²) in [5.74, 6) is -1.76. The zero-order valence-electron chi connectivity index (χ0n) is 14.1. The Bertz CT molecular complexity index is 700. The average Bonchev–Trinajstić information content (AvgIpc) is 2.54. The molecular weight excluding hydrogens is 308 g/mol. The number of anilines is 1.